The molecule has 8 heteroatoms. The summed E-state index contributed by atoms with van der Waals surface area (Å²) in [7, 11) is 0. The molecule has 2 fully saturated rings. The Labute approximate surface area is 153 Å². The summed E-state index contributed by atoms with van der Waals surface area (Å²) < 4.78 is 11.1. The van der Waals surface area contributed by atoms with Gasteiger partial charge in [0.05, 0.1) is 6.61 Å². The first-order valence-electron chi connectivity index (χ1n) is 9.21. The van der Waals surface area contributed by atoms with Crippen LogP contribution in [0.25, 0.3) is 0 Å². The number of hydrogen-bond acceptors (Lipinski definition) is 8. The molecule has 8 nitrogen and oxygen atoms in total. The van der Waals surface area contributed by atoms with Crippen molar-refractivity contribution in [2.24, 2.45) is 0 Å². The first-order chi connectivity index (χ1) is 12.5. The maximum atomic E-state index is 5.83. The zero-order valence-electron chi connectivity index (χ0n) is 15.8. The molecule has 26 heavy (non-hydrogen) atoms. The van der Waals surface area contributed by atoms with E-state index in [1.54, 1.807) is 0 Å². The third kappa shape index (κ3) is 3.36. The monoisotopic (exact) mass is 358 g/mol. The molecule has 0 saturated carbocycles. The number of morpholine rings is 1. The molecule has 2 aromatic rings. The molecule has 140 valence electrons. The van der Waals surface area contributed by atoms with Gasteiger partial charge in [-0.25, -0.2) is 9.97 Å². The van der Waals surface area contributed by atoms with E-state index in [1.807, 2.05) is 20.0 Å². The highest BCUT2D eigenvalue weighted by molar-refractivity contribution is 5.21. The summed E-state index contributed by atoms with van der Waals surface area (Å²) in [5, 5.41) is 3.87. The normalized spacial score (nSPS) is 23.8. The third-order valence-electron chi connectivity index (χ3n) is 5.46. The summed E-state index contributed by atoms with van der Waals surface area (Å²) in [6, 6.07) is 0.877. The Morgan fingerprint density at radius 3 is 2.62 bits per heavy atom. The van der Waals surface area contributed by atoms with Gasteiger partial charge in [-0.1, -0.05) is 5.16 Å². The summed E-state index contributed by atoms with van der Waals surface area (Å²) in [6.07, 6.45) is 1.85. The molecule has 4 heterocycles. The molecular weight excluding hydrogens is 332 g/mol. The van der Waals surface area contributed by atoms with Crippen molar-refractivity contribution in [2.45, 2.75) is 45.9 Å². The molecule has 0 aromatic carbocycles. The van der Waals surface area contributed by atoms with E-state index in [4.69, 9.17) is 9.26 Å². The number of nitrogens with zero attached hydrogens (tertiary/aromatic N) is 6. The van der Waals surface area contributed by atoms with Crippen molar-refractivity contribution in [3.05, 3.63) is 35.0 Å². The quantitative estimate of drug-likeness (QED) is 0.815. The average molecular weight is 358 g/mol. The molecule has 0 amide bonds. The zero-order valence-corrected chi connectivity index (χ0v) is 15.8. The van der Waals surface area contributed by atoms with Crippen LogP contribution >= 0.6 is 0 Å². The number of aromatic nitrogens is 4. The predicted octanol–water partition coefficient (Wildman–Crippen LogP) is 1.60. The standard InChI is InChI=1S/C18H26N6O2/c1-11-16(7-19-13(3)20-11)12(2)24-8-15(9-24)23-5-6-25-17(10-23)18-21-14(4)22-26-18/h7,12,15,17H,5-6,8-10H2,1-4H3. The highest BCUT2D eigenvalue weighted by Crippen LogP contribution is 2.31. The average Bonchev–Trinajstić information content (AvgIpc) is 3.00. The molecule has 0 aliphatic carbocycles. The van der Waals surface area contributed by atoms with E-state index < -0.39 is 0 Å². The minimum absolute atomic E-state index is 0.121. The summed E-state index contributed by atoms with van der Waals surface area (Å²) >= 11 is 0. The van der Waals surface area contributed by atoms with Crippen molar-refractivity contribution >= 4 is 0 Å². The van der Waals surface area contributed by atoms with Gasteiger partial charge in [-0.3, -0.25) is 9.80 Å². The van der Waals surface area contributed by atoms with Crippen molar-refractivity contribution in [1.29, 1.82) is 0 Å². The van der Waals surface area contributed by atoms with Crippen LogP contribution in [0.2, 0.25) is 0 Å². The summed E-state index contributed by atoms with van der Waals surface area (Å²) in [6.45, 7) is 12.6. The summed E-state index contributed by atoms with van der Waals surface area (Å²) in [5.74, 6) is 2.07. The van der Waals surface area contributed by atoms with Crippen LogP contribution < -0.4 is 0 Å². The van der Waals surface area contributed by atoms with Crippen molar-refractivity contribution in [2.75, 3.05) is 32.8 Å². The number of hydrogen-bond donors (Lipinski definition) is 0. The lowest BCUT2D eigenvalue weighted by Crippen LogP contribution is -2.62. The zero-order chi connectivity index (χ0) is 18.3. The second-order valence-corrected chi connectivity index (χ2v) is 7.28. The molecule has 2 aliphatic heterocycles. The van der Waals surface area contributed by atoms with Gasteiger partial charge in [0.2, 0.25) is 0 Å². The fourth-order valence-electron chi connectivity index (χ4n) is 3.83. The highest BCUT2D eigenvalue weighted by atomic mass is 16.5. The smallest absolute Gasteiger partial charge is 0.257 e. The van der Waals surface area contributed by atoms with Crippen LogP contribution in [0.5, 0.6) is 0 Å². The Balaban J connectivity index is 1.35. The molecule has 2 atom stereocenters. The maximum absolute atomic E-state index is 5.83. The van der Waals surface area contributed by atoms with Crippen molar-refractivity contribution < 1.29 is 9.26 Å². The van der Waals surface area contributed by atoms with E-state index in [9.17, 15) is 0 Å². The van der Waals surface area contributed by atoms with E-state index in [-0.39, 0.29) is 6.10 Å². The minimum atomic E-state index is -0.121. The van der Waals surface area contributed by atoms with Crippen LogP contribution in [0.4, 0.5) is 0 Å². The second kappa shape index (κ2) is 7.02. The summed E-state index contributed by atoms with van der Waals surface area (Å²) in [5.41, 5.74) is 2.29. The third-order valence-corrected chi connectivity index (χ3v) is 5.46. The largest absolute Gasteiger partial charge is 0.366 e. The molecular formula is C18H26N6O2. The Morgan fingerprint density at radius 1 is 1.12 bits per heavy atom. The summed E-state index contributed by atoms with van der Waals surface area (Å²) in [4.78, 5) is 18.1. The Hall–Kier alpha value is -1.90. The van der Waals surface area contributed by atoms with Crippen LogP contribution in [-0.4, -0.2) is 68.7 Å². The van der Waals surface area contributed by atoms with Crippen LogP contribution in [0.15, 0.2) is 10.7 Å². The van der Waals surface area contributed by atoms with Gasteiger partial charge in [0, 0.05) is 55.7 Å². The molecule has 2 saturated heterocycles. The topological polar surface area (TPSA) is 80.4 Å². The maximum Gasteiger partial charge on any atom is 0.257 e. The van der Waals surface area contributed by atoms with Crippen molar-refractivity contribution in [3.8, 4) is 0 Å². The van der Waals surface area contributed by atoms with E-state index >= 15 is 0 Å². The van der Waals surface area contributed by atoms with Gasteiger partial charge in [-0.15, -0.1) is 0 Å². The minimum Gasteiger partial charge on any atom is -0.366 e. The van der Waals surface area contributed by atoms with Crippen molar-refractivity contribution in [3.63, 3.8) is 0 Å². The van der Waals surface area contributed by atoms with Gasteiger partial charge < -0.3 is 9.26 Å². The number of aryl methyl sites for hydroxylation is 3. The lowest BCUT2D eigenvalue weighted by Gasteiger charge is -2.49. The molecule has 0 N–H and O–H groups in total. The molecule has 2 unspecified atom stereocenters. The van der Waals surface area contributed by atoms with Gasteiger partial charge in [-0.05, 0) is 27.7 Å². The second-order valence-electron chi connectivity index (χ2n) is 7.28. The van der Waals surface area contributed by atoms with Gasteiger partial charge in [0.15, 0.2) is 5.82 Å². The number of ether oxygens (including phenoxy) is 1. The van der Waals surface area contributed by atoms with E-state index in [0.29, 0.717) is 30.4 Å². The van der Waals surface area contributed by atoms with E-state index in [0.717, 1.165) is 37.7 Å². The van der Waals surface area contributed by atoms with Gasteiger partial charge in [-0.2, -0.15) is 4.98 Å². The fraction of sp³-hybridized carbons (Fsp3) is 0.667. The molecule has 0 bridgehead atoms. The van der Waals surface area contributed by atoms with Crippen LogP contribution in [0.1, 0.15) is 47.9 Å². The Morgan fingerprint density at radius 2 is 1.92 bits per heavy atom. The molecule has 0 spiro atoms. The number of rotatable bonds is 4. The SMILES string of the molecule is Cc1noc(C2CN(C3CN(C(C)c4cnc(C)nc4C)C3)CCO2)n1. The fourth-order valence-corrected chi connectivity index (χ4v) is 3.83. The lowest BCUT2D eigenvalue weighted by atomic mass is 9.99. The predicted molar refractivity (Wildman–Crippen MR) is 94.6 cm³/mol. The molecule has 4 rings (SSSR count). The van der Waals surface area contributed by atoms with E-state index in [1.165, 1.54) is 5.56 Å². The van der Waals surface area contributed by atoms with Gasteiger partial charge in [0.25, 0.3) is 5.89 Å². The Bertz CT molecular complexity index is 773. The van der Waals surface area contributed by atoms with Crippen LogP contribution in [0.3, 0.4) is 0 Å². The van der Waals surface area contributed by atoms with Crippen LogP contribution in [0, 0.1) is 20.8 Å². The van der Waals surface area contributed by atoms with Gasteiger partial charge >= 0.3 is 0 Å². The lowest BCUT2D eigenvalue weighted by molar-refractivity contribution is -0.0887. The van der Waals surface area contributed by atoms with E-state index in [2.05, 4.69) is 43.8 Å². The number of likely N-dealkylation sites (tertiary alicyclic amines) is 1. The first kappa shape index (κ1) is 17.5. The molecule has 2 aliphatic rings. The van der Waals surface area contributed by atoms with Gasteiger partial charge in [0.1, 0.15) is 11.9 Å². The molecule has 2 aromatic heterocycles. The highest BCUT2D eigenvalue weighted by Gasteiger charge is 2.38. The molecule has 0 radical (unpaired) electrons. The Kier molecular flexibility index (Phi) is 4.73. The van der Waals surface area contributed by atoms with Crippen molar-refractivity contribution in [1.82, 2.24) is 29.9 Å². The first-order valence-corrected chi connectivity index (χ1v) is 9.21. The van der Waals surface area contributed by atoms with Crippen LogP contribution in [-0.2, 0) is 4.74 Å².